The Labute approximate surface area is 145 Å². The first-order valence-electron chi connectivity index (χ1n) is 6.91. The quantitative estimate of drug-likeness (QED) is 0.508. The number of hydrogen-bond donors (Lipinski definition) is 2. The number of anilines is 2. The van der Waals surface area contributed by atoms with E-state index in [4.69, 9.17) is 0 Å². The lowest BCUT2D eigenvalue weighted by molar-refractivity contribution is 0.102. The molecule has 0 amide bonds. The Balaban J connectivity index is 1.58. The molecule has 0 aliphatic rings. The molecule has 0 saturated heterocycles. The van der Waals surface area contributed by atoms with E-state index in [-0.39, 0.29) is 23.1 Å². The van der Waals surface area contributed by atoms with Gasteiger partial charge in [0, 0.05) is 11.3 Å². The number of hydrogen-bond acceptors (Lipinski definition) is 7. The van der Waals surface area contributed by atoms with Crippen LogP contribution in [0.3, 0.4) is 0 Å². The number of carbonyl (C=O) groups is 1. The number of phenolic OH excluding ortho intramolecular Hbond substituents is 1. The number of rotatable bonds is 6. The molecule has 0 atom stereocenters. The third-order valence-electron chi connectivity index (χ3n) is 3.00. The normalized spacial score (nSPS) is 10.5. The van der Waals surface area contributed by atoms with Crippen LogP contribution in [-0.2, 0) is 0 Å². The van der Waals surface area contributed by atoms with Crippen molar-refractivity contribution >= 4 is 39.7 Å². The summed E-state index contributed by atoms with van der Waals surface area (Å²) in [5.41, 5.74) is 1.12. The molecule has 0 unspecified atom stereocenters. The van der Waals surface area contributed by atoms with Crippen LogP contribution < -0.4 is 5.32 Å². The molecule has 5 nitrogen and oxygen atoms in total. The summed E-state index contributed by atoms with van der Waals surface area (Å²) >= 11 is 2.57. The molecular weight excluding hydrogens is 349 g/mol. The summed E-state index contributed by atoms with van der Waals surface area (Å²) in [6.07, 6.45) is 0. The average Bonchev–Trinajstić information content (AvgIpc) is 3.01. The van der Waals surface area contributed by atoms with E-state index in [0.29, 0.717) is 20.7 Å². The lowest BCUT2D eigenvalue weighted by atomic mass is 10.1. The molecule has 0 bridgehead atoms. The number of phenols is 1. The van der Waals surface area contributed by atoms with Crippen LogP contribution in [0.25, 0.3) is 0 Å². The molecule has 3 aromatic rings. The second-order valence-electron chi connectivity index (χ2n) is 4.77. The number of aromatic hydroxyl groups is 1. The van der Waals surface area contributed by atoms with Crippen molar-refractivity contribution in [2.45, 2.75) is 4.34 Å². The largest absolute Gasteiger partial charge is 0.508 e. The first-order chi connectivity index (χ1) is 11.6. The Morgan fingerprint density at radius 2 is 2.00 bits per heavy atom. The van der Waals surface area contributed by atoms with Crippen molar-refractivity contribution in [1.29, 1.82) is 0 Å². The second-order valence-corrected chi connectivity index (χ2v) is 6.97. The SMILES string of the molecule is O=C(CSc1nnc(Nc2cccc(F)c2)s1)c1ccc(O)cc1. The molecule has 1 aromatic heterocycles. The standard InChI is InChI=1S/C16H12FN3O2S2/c17-11-2-1-3-12(8-11)18-15-19-20-16(24-15)23-9-14(22)10-4-6-13(21)7-5-10/h1-8,21H,9H2,(H,18,19). The second kappa shape index (κ2) is 7.41. The zero-order chi connectivity index (χ0) is 16.9. The van der Waals surface area contributed by atoms with Crippen molar-refractivity contribution in [3.8, 4) is 5.75 Å². The predicted octanol–water partition coefficient (Wildman–Crippen LogP) is 4.10. The van der Waals surface area contributed by atoms with Crippen LogP contribution in [0.5, 0.6) is 5.75 Å². The van der Waals surface area contributed by atoms with Gasteiger partial charge in [0.05, 0.1) is 5.75 Å². The molecule has 122 valence electrons. The van der Waals surface area contributed by atoms with Crippen LogP contribution in [0.1, 0.15) is 10.4 Å². The van der Waals surface area contributed by atoms with E-state index in [1.165, 1.54) is 47.4 Å². The van der Waals surface area contributed by atoms with E-state index in [0.717, 1.165) is 0 Å². The summed E-state index contributed by atoms with van der Waals surface area (Å²) in [5, 5.41) is 20.7. The molecule has 2 N–H and O–H groups in total. The van der Waals surface area contributed by atoms with E-state index in [1.54, 1.807) is 24.3 Å². The molecule has 0 fully saturated rings. The van der Waals surface area contributed by atoms with Crippen LogP contribution in [0.4, 0.5) is 15.2 Å². The first kappa shape index (κ1) is 16.4. The molecule has 0 aliphatic heterocycles. The smallest absolute Gasteiger partial charge is 0.210 e. The van der Waals surface area contributed by atoms with Gasteiger partial charge in [-0.25, -0.2) is 4.39 Å². The van der Waals surface area contributed by atoms with Crippen LogP contribution in [-0.4, -0.2) is 26.8 Å². The van der Waals surface area contributed by atoms with Gasteiger partial charge in [0.25, 0.3) is 0 Å². The van der Waals surface area contributed by atoms with Gasteiger partial charge in [0.15, 0.2) is 10.1 Å². The van der Waals surface area contributed by atoms with E-state index in [9.17, 15) is 14.3 Å². The van der Waals surface area contributed by atoms with Gasteiger partial charge < -0.3 is 10.4 Å². The Kier molecular flexibility index (Phi) is 5.07. The molecule has 0 aliphatic carbocycles. The summed E-state index contributed by atoms with van der Waals surface area (Å²) in [4.78, 5) is 12.1. The minimum Gasteiger partial charge on any atom is -0.508 e. The third kappa shape index (κ3) is 4.30. The van der Waals surface area contributed by atoms with Crippen molar-refractivity contribution in [3.05, 3.63) is 59.9 Å². The molecule has 8 heteroatoms. The van der Waals surface area contributed by atoms with Crippen LogP contribution >= 0.6 is 23.1 Å². The monoisotopic (exact) mass is 361 g/mol. The zero-order valence-electron chi connectivity index (χ0n) is 12.3. The molecule has 24 heavy (non-hydrogen) atoms. The van der Waals surface area contributed by atoms with Crippen molar-refractivity contribution in [3.63, 3.8) is 0 Å². The highest BCUT2D eigenvalue weighted by Gasteiger charge is 2.10. The Morgan fingerprint density at radius 1 is 1.21 bits per heavy atom. The van der Waals surface area contributed by atoms with Gasteiger partial charge in [-0.15, -0.1) is 10.2 Å². The topological polar surface area (TPSA) is 75.1 Å². The number of carbonyl (C=O) groups excluding carboxylic acids is 1. The van der Waals surface area contributed by atoms with Gasteiger partial charge in [-0.05, 0) is 42.5 Å². The van der Waals surface area contributed by atoms with E-state index >= 15 is 0 Å². The van der Waals surface area contributed by atoms with E-state index < -0.39 is 0 Å². The zero-order valence-corrected chi connectivity index (χ0v) is 13.9. The number of benzene rings is 2. The summed E-state index contributed by atoms with van der Waals surface area (Å²) in [6.45, 7) is 0. The van der Waals surface area contributed by atoms with Crippen LogP contribution in [0.2, 0.25) is 0 Å². The van der Waals surface area contributed by atoms with Gasteiger partial charge in [0.1, 0.15) is 11.6 Å². The van der Waals surface area contributed by atoms with Crippen LogP contribution in [0, 0.1) is 5.82 Å². The number of nitrogens with zero attached hydrogens (tertiary/aromatic N) is 2. The highest BCUT2D eigenvalue weighted by atomic mass is 32.2. The molecule has 1 heterocycles. The van der Waals surface area contributed by atoms with E-state index in [1.807, 2.05) is 0 Å². The molecule has 3 rings (SSSR count). The Hall–Kier alpha value is -2.45. The van der Waals surface area contributed by atoms with Gasteiger partial charge in [-0.2, -0.15) is 0 Å². The molecule has 0 radical (unpaired) electrons. The lowest BCUT2D eigenvalue weighted by Crippen LogP contribution is -2.01. The van der Waals surface area contributed by atoms with Crippen molar-refractivity contribution in [1.82, 2.24) is 10.2 Å². The maximum absolute atomic E-state index is 13.1. The molecule has 2 aromatic carbocycles. The van der Waals surface area contributed by atoms with Crippen molar-refractivity contribution in [2.24, 2.45) is 0 Å². The number of thioether (sulfide) groups is 1. The third-order valence-corrected chi connectivity index (χ3v) is 4.97. The fraction of sp³-hybridized carbons (Fsp3) is 0.0625. The fourth-order valence-electron chi connectivity index (χ4n) is 1.87. The highest BCUT2D eigenvalue weighted by Crippen LogP contribution is 2.28. The average molecular weight is 361 g/mol. The lowest BCUT2D eigenvalue weighted by Gasteiger charge is -2.00. The minimum atomic E-state index is -0.335. The summed E-state index contributed by atoms with van der Waals surface area (Å²) in [6, 6.07) is 12.2. The first-order valence-corrected chi connectivity index (χ1v) is 8.71. The van der Waals surface area contributed by atoms with Gasteiger partial charge in [0.2, 0.25) is 5.13 Å². The number of Topliss-reactive ketones (excluding diaryl/α,β-unsaturated/α-hetero) is 1. The number of nitrogens with one attached hydrogen (secondary N) is 1. The maximum Gasteiger partial charge on any atom is 0.210 e. The number of halogens is 1. The van der Waals surface area contributed by atoms with Gasteiger partial charge >= 0.3 is 0 Å². The number of ketones is 1. The molecule has 0 saturated carbocycles. The van der Waals surface area contributed by atoms with Crippen molar-refractivity contribution < 1.29 is 14.3 Å². The summed E-state index contributed by atoms with van der Waals surface area (Å²) in [7, 11) is 0. The van der Waals surface area contributed by atoms with E-state index in [2.05, 4.69) is 15.5 Å². The molecule has 0 spiro atoms. The minimum absolute atomic E-state index is 0.0603. The van der Waals surface area contributed by atoms with Gasteiger partial charge in [-0.1, -0.05) is 29.2 Å². The van der Waals surface area contributed by atoms with Crippen molar-refractivity contribution in [2.75, 3.05) is 11.1 Å². The maximum atomic E-state index is 13.1. The Morgan fingerprint density at radius 3 is 2.75 bits per heavy atom. The highest BCUT2D eigenvalue weighted by molar-refractivity contribution is 8.01. The number of aromatic nitrogens is 2. The fourth-order valence-corrected chi connectivity index (χ4v) is 3.53. The van der Waals surface area contributed by atoms with Crippen LogP contribution in [0.15, 0.2) is 52.9 Å². The predicted molar refractivity (Wildman–Crippen MR) is 92.8 cm³/mol. The summed E-state index contributed by atoms with van der Waals surface area (Å²) in [5.74, 6) is -0.0517. The Bertz CT molecular complexity index is 853. The summed E-state index contributed by atoms with van der Waals surface area (Å²) < 4.78 is 13.8. The molecular formula is C16H12FN3O2S2. The van der Waals surface area contributed by atoms with Gasteiger partial charge in [-0.3, -0.25) is 4.79 Å².